The van der Waals surface area contributed by atoms with Crippen molar-refractivity contribution in [1.29, 1.82) is 0 Å². The number of hydrogen-bond donors (Lipinski definition) is 1. The quantitative estimate of drug-likeness (QED) is 0.715. The van der Waals surface area contributed by atoms with Crippen molar-refractivity contribution in [3.05, 3.63) is 22.4 Å². The molecule has 1 N–H and O–H groups in total. The van der Waals surface area contributed by atoms with E-state index in [2.05, 4.69) is 36.7 Å². The molecule has 2 rings (SSSR count). The van der Waals surface area contributed by atoms with Crippen molar-refractivity contribution >= 4 is 11.3 Å². The molecule has 0 amide bonds. The van der Waals surface area contributed by atoms with Crippen molar-refractivity contribution in [2.75, 3.05) is 13.2 Å². The fourth-order valence-electron chi connectivity index (χ4n) is 2.05. The SMILES string of the molecule is CC(C)OCCCNC(c1cccs1)C1CC1. The summed E-state index contributed by atoms with van der Waals surface area (Å²) in [4.78, 5) is 1.50. The van der Waals surface area contributed by atoms with Gasteiger partial charge < -0.3 is 10.1 Å². The Balaban J connectivity index is 1.68. The monoisotopic (exact) mass is 253 g/mol. The summed E-state index contributed by atoms with van der Waals surface area (Å²) in [7, 11) is 0. The molecule has 0 bridgehead atoms. The Morgan fingerprint density at radius 3 is 2.88 bits per heavy atom. The number of thiophene rings is 1. The minimum atomic E-state index is 0.353. The minimum absolute atomic E-state index is 0.353. The van der Waals surface area contributed by atoms with Crippen LogP contribution < -0.4 is 5.32 Å². The van der Waals surface area contributed by atoms with E-state index in [0.29, 0.717) is 12.1 Å². The standard InChI is InChI=1S/C14H23NOS/c1-11(2)16-9-4-8-15-14(12-6-7-12)13-5-3-10-17-13/h3,5,10-12,14-15H,4,6-9H2,1-2H3. The van der Waals surface area contributed by atoms with Crippen LogP contribution in [0.1, 0.15) is 44.0 Å². The van der Waals surface area contributed by atoms with E-state index in [-0.39, 0.29) is 0 Å². The molecule has 0 spiro atoms. The van der Waals surface area contributed by atoms with Crippen LogP contribution in [-0.2, 0) is 4.74 Å². The van der Waals surface area contributed by atoms with Gasteiger partial charge in [-0.2, -0.15) is 0 Å². The van der Waals surface area contributed by atoms with E-state index in [9.17, 15) is 0 Å². The van der Waals surface area contributed by atoms with Gasteiger partial charge in [-0.25, -0.2) is 0 Å². The minimum Gasteiger partial charge on any atom is -0.379 e. The second-order valence-corrected chi connectivity index (χ2v) is 6.04. The molecule has 1 heterocycles. The first-order valence-corrected chi connectivity index (χ1v) is 7.53. The summed E-state index contributed by atoms with van der Waals surface area (Å²) in [5, 5.41) is 5.86. The molecule has 2 nitrogen and oxygen atoms in total. The van der Waals surface area contributed by atoms with E-state index in [1.165, 1.54) is 17.7 Å². The summed E-state index contributed by atoms with van der Waals surface area (Å²) < 4.78 is 5.55. The van der Waals surface area contributed by atoms with E-state index in [1.807, 2.05) is 11.3 Å². The van der Waals surface area contributed by atoms with E-state index in [1.54, 1.807) is 0 Å². The summed E-state index contributed by atoms with van der Waals surface area (Å²) in [5.41, 5.74) is 0. The van der Waals surface area contributed by atoms with Crippen LogP contribution in [0.2, 0.25) is 0 Å². The highest BCUT2D eigenvalue weighted by Crippen LogP contribution is 2.42. The highest BCUT2D eigenvalue weighted by molar-refractivity contribution is 7.10. The molecule has 0 radical (unpaired) electrons. The van der Waals surface area contributed by atoms with Crippen LogP contribution in [0, 0.1) is 5.92 Å². The summed E-state index contributed by atoms with van der Waals surface area (Å²) in [6.45, 7) is 6.11. The number of ether oxygens (including phenoxy) is 1. The molecule has 96 valence electrons. The van der Waals surface area contributed by atoms with Gasteiger partial charge in [-0.15, -0.1) is 11.3 Å². The largest absolute Gasteiger partial charge is 0.379 e. The third-order valence-corrected chi connectivity index (χ3v) is 4.04. The van der Waals surface area contributed by atoms with Crippen LogP contribution >= 0.6 is 11.3 Å². The van der Waals surface area contributed by atoms with Crippen LogP contribution in [0.3, 0.4) is 0 Å². The lowest BCUT2D eigenvalue weighted by Crippen LogP contribution is -2.24. The van der Waals surface area contributed by atoms with Gasteiger partial charge in [0.15, 0.2) is 0 Å². The normalized spacial score (nSPS) is 17.6. The maximum Gasteiger partial charge on any atom is 0.0518 e. The molecule has 1 aromatic heterocycles. The summed E-state index contributed by atoms with van der Waals surface area (Å²) in [6, 6.07) is 5.00. The molecule has 1 aromatic rings. The van der Waals surface area contributed by atoms with E-state index >= 15 is 0 Å². The average Bonchev–Trinajstić information content (AvgIpc) is 2.98. The number of hydrogen-bond acceptors (Lipinski definition) is 3. The third kappa shape index (κ3) is 4.41. The molecule has 1 saturated carbocycles. The van der Waals surface area contributed by atoms with Gasteiger partial charge in [-0.05, 0) is 57.0 Å². The maximum absolute atomic E-state index is 5.55. The highest BCUT2D eigenvalue weighted by atomic mass is 32.1. The van der Waals surface area contributed by atoms with Crippen molar-refractivity contribution in [2.45, 2.75) is 45.3 Å². The molecule has 17 heavy (non-hydrogen) atoms. The lowest BCUT2D eigenvalue weighted by molar-refractivity contribution is 0.0766. The van der Waals surface area contributed by atoms with Crippen LogP contribution in [0.5, 0.6) is 0 Å². The average molecular weight is 253 g/mol. The van der Waals surface area contributed by atoms with Crippen molar-refractivity contribution in [3.8, 4) is 0 Å². The second kappa shape index (κ2) is 6.53. The first-order chi connectivity index (χ1) is 8.27. The van der Waals surface area contributed by atoms with Crippen LogP contribution in [0.4, 0.5) is 0 Å². The zero-order chi connectivity index (χ0) is 12.1. The summed E-state index contributed by atoms with van der Waals surface area (Å²) in [6.07, 6.45) is 4.23. The Bertz CT molecular complexity index is 306. The maximum atomic E-state index is 5.55. The van der Waals surface area contributed by atoms with Gasteiger partial charge in [-0.3, -0.25) is 0 Å². The third-order valence-electron chi connectivity index (χ3n) is 3.08. The second-order valence-electron chi connectivity index (χ2n) is 5.06. The Morgan fingerprint density at radius 1 is 1.47 bits per heavy atom. The lowest BCUT2D eigenvalue weighted by atomic mass is 10.1. The van der Waals surface area contributed by atoms with Gasteiger partial charge in [0.1, 0.15) is 0 Å². The zero-order valence-corrected chi connectivity index (χ0v) is 11.6. The summed E-state index contributed by atoms with van der Waals surface area (Å²) >= 11 is 1.87. The fourth-order valence-corrected chi connectivity index (χ4v) is 2.94. The van der Waals surface area contributed by atoms with E-state index in [4.69, 9.17) is 4.74 Å². The smallest absolute Gasteiger partial charge is 0.0518 e. The van der Waals surface area contributed by atoms with Crippen molar-refractivity contribution in [2.24, 2.45) is 5.92 Å². The zero-order valence-electron chi connectivity index (χ0n) is 10.8. The number of rotatable bonds is 8. The highest BCUT2D eigenvalue weighted by Gasteiger charge is 2.32. The molecule has 0 saturated heterocycles. The van der Waals surface area contributed by atoms with Crippen molar-refractivity contribution < 1.29 is 4.74 Å². The topological polar surface area (TPSA) is 21.3 Å². The molecule has 3 heteroatoms. The molecular formula is C14H23NOS. The molecule has 0 aromatic carbocycles. The van der Waals surface area contributed by atoms with Gasteiger partial charge in [0.2, 0.25) is 0 Å². The van der Waals surface area contributed by atoms with Crippen LogP contribution in [0.25, 0.3) is 0 Å². The molecule has 1 atom stereocenters. The summed E-state index contributed by atoms with van der Waals surface area (Å²) in [5.74, 6) is 0.875. The molecule has 1 aliphatic carbocycles. The predicted molar refractivity (Wildman–Crippen MR) is 73.5 cm³/mol. The lowest BCUT2D eigenvalue weighted by Gasteiger charge is -2.17. The van der Waals surface area contributed by atoms with Gasteiger partial charge in [0.05, 0.1) is 6.10 Å². The molecule has 1 unspecified atom stereocenters. The van der Waals surface area contributed by atoms with Gasteiger partial charge in [0.25, 0.3) is 0 Å². The van der Waals surface area contributed by atoms with Crippen molar-refractivity contribution in [3.63, 3.8) is 0 Å². The first-order valence-electron chi connectivity index (χ1n) is 6.65. The van der Waals surface area contributed by atoms with Crippen molar-refractivity contribution in [1.82, 2.24) is 5.32 Å². The van der Waals surface area contributed by atoms with Crippen LogP contribution in [0.15, 0.2) is 17.5 Å². The Labute approximate surface area is 108 Å². The first kappa shape index (κ1) is 13.1. The van der Waals surface area contributed by atoms with Gasteiger partial charge in [-0.1, -0.05) is 6.07 Å². The Hall–Kier alpha value is -0.380. The molecular weight excluding hydrogens is 230 g/mol. The number of nitrogens with one attached hydrogen (secondary N) is 1. The fraction of sp³-hybridized carbons (Fsp3) is 0.714. The van der Waals surface area contributed by atoms with Crippen LogP contribution in [-0.4, -0.2) is 19.3 Å². The van der Waals surface area contributed by atoms with E-state index < -0.39 is 0 Å². The van der Waals surface area contributed by atoms with Gasteiger partial charge in [0, 0.05) is 17.5 Å². The Kier molecular flexibility index (Phi) is 5.01. The van der Waals surface area contributed by atoms with Gasteiger partial charge >= 0.3 is 0 Å². The Morgan fingerprint density at radius 2 is 2.29 bits per heavy atom. The molecule has 0 aliphatic heterocycles. The molecule has 1 aliphatic rings. The van der Waals surface area contributed by atoms with E-state index in [0.717, 1.165) is 25.5 Å². The molecule has 1 fully saturated rings. The predicted octanol–water partition coefficient (Wildman–Crippen LogP) is 3.60.